The lowest BCUT2D eigenvalue weighted by atomic mass is 9.92. The zero-order valence-corrected chi connectivity index (χ0v) is 15.9. The number of hydrogen-bond donors (Lipinski definition) is 0. The van der Waals surface area contributed by atoms with Gasteiger partial charge in [0.2, 0.25) is 0 Å². The molecule has 1 saturated heterocycles. The van der Waals surface area contributed by atoms with E-state index in [4.69, 9.17) is 0 Å². The van der Waals surface area contributed by atoms with Crippen LogP contribution in [0.2, 0.25) is 0 Å². The molecule has 5 nitrogen and oxygen atoms in total. The highest BCUT2D eigenvalue weighted by Crippen LogP contribution is 2.29. The molecule has 3 rings (SSSR count). The van der Waals surface area contributed by atoms with Crippen LogP contribution in [0.25, 0.3) is 0 Å². The van der Waals surface area contributed by atoms with Crippen molar-refractivity contribution in [3.05, 3.63) is 73.3 Å². The van der Waals surface area contributed by atoms with Crippen molar-refractivity contribution in [1.29, 1.82) is 0 Å². The zero-order chi connectivity index (χ0) is 17.8. The van der Waals surface area contributed by atoms with E-state index in [9.17, 15) is 14.9 Å². The van der Waals surface area contributed by atoms with Crippen LogP contribution in [0.15, 0.2) is 48.5 Å². The zero-order valence-electron chi connectivity index (χ0n) is 13.7. The third kappa shape index (κ3) is 4.18. The van der Waals surface area contributed by atoms with Gasteiger partial charge in [0.1, 0.15) is 0 Å². The van der Waals surface area contributed by atoms with E-state index in [1.165, 1.54) is 17.7 Å². The molecular formula is C19H19IN2O3. The minimum absolute atomic E-state index is 0.0148. The number of benzene rings is 2. The van der Waals surface area contributed by atoms with Crippen molar-refractivity contribution >= 4 is 34.2 Å². The Morgan fingerprint density at radius 1 is 1.12 bits per heavy atom. The number of hydrogen-bond acceptors (Lipinski definition) is 3. The minimum Gasteiger partial charge on any atom is -0.339 e. The summed E-state index contributed by atoms with van der Waals surface area (Å²) >= 11 is 2.00. The Bertz CT molecular complexity index is 779. The Kier molecular flexibility index (Phi) is 5.67. The maximum atomic E-state index is 12.8. The Labute approximate surface area is 160 Å². The van der Waals surface area contributed by atoms with E-state index < -0.39 is 4.92 Å². The van der Waals surface area contributed by atoms with Gasteiger partial charge in [-0.15, -0.1) is 0 Å². The average Bonchev–Trinajstić information content (AvgIpc) is 2.88. The standard InChI is InChI=1S/C19H19IN2O3/c20-18-13-16(22(24)25)8-9-17(18)19(23)21-11-4-7-15(10-12-21)14-5-2-1-3-6-14/h1-3,5-6,8-9,13,15H,4,7,10-12H2. The fourth-order valence-electron chi connectivity index (χ4n) is 3.32. The first-order chi connectivity index (χ1) is 12.1. The molecule has 25 heavy (non-hydrogen) atoms. The first kappa shape index (κ1) is 17.8. The van der Waals surface area contributed by atoms with Crippen LogP contribution in [0.5, 0.6) is 0 Å². The lowest BCUT2D eigenvalue weighted by molar-refractivity contribution is -0.384. The summed E-state index contributed by atoms with van der Waals surface area (Å²) in [5.41, 5.74) is 1.90. The van der Waals surface area contributed by atoms with Gasteiger partial charge in [0.25, 0.3) is 11.6 Å². The van der Waals surface area contributed by atoms with Crippen molar-refractivity contribution < 1.29 is 9.72 Å². The predicted octanol–water partition coefficient (Wildman–Crippen LogP) is 4.61. The van der Waals surface area contributed by atoms with Crippen LogP contribution < -0.4 is 0 Å². The summed E-state index contributed by atoms with van der Waals surface area (Å²) in [4.78, 5) is 25.2. The lowest BCUT2D eigenvalue weighted by Gasteiger charge is -2.21. The van der Waals surface area contributed by atoms with Crippen molar-refractivity contribution in [3.8, 4) is 0 Å². The summed E-state index contributed by atoms with van der Waals surface area (Å²) in [7, 11) is 0. The Hall–Kier alpha value is -1.96. The maximum Gasteiger partial charge on any atom is 0.270 e. The quantitative estimate of drug-likeness (QED) is 0.390. The van der Waals surface area contributed by atoms with Crippen LogP contribution in [0, 0.1) is 13.7 Å². The van der Waals surface area contributed by atoms with Gasteiger partial charge in [-0.3, -0.25) is 14.9 Å². The van der Waals surface area contributed by atoms with E-state index in [2.05, 4.69) is 24.3 Å². The van der Waals surface area contributed by atoms with E-state index in [0.29, 0.717) is 21.6 Å². The van der Waals surface area contributed by atoms with E-state index in [0.717, 1.165) is 25.8 Å². The van der Waals surface area contributed by atoms with Gasteiger partial charge in [0.15, 0.2) is 0 Å². The van der Waals surface area contributed by atoms with Crippen LogP contribution in [-0.4, -0.2) is 28.8 Å². The molecule has 0 N–H and O–H groups in total. The van der Waals surface area contributed by atoms with Crippen LogP contribution in [0.4, 0.5) is 5.69 Å². The first-order valence-electron chi connectivity index (χ1n) is 8.34. The second kappa shape index (κ2) is 7.95. The summed E-state index contributed by atoms with van der Waals surface area (Å²) < 4.78 is 0.626. The number of non-ortho nitro benzene ring substituents is 1. The first-order valence-corrected chi connectivity index (χ1v) is 9.42. The number of carbonyl (C=O) groups excluding carboxylic acids is 1. The summed E-state index contributed by atoms with van der Waals surface area (Å²) in [5, 5.41) is 10.9. The average molecular weight is 450 g/mol. The highest BCUT2D eigenvalue weighted by atomic mass is 127. The number of nitrogens with zero attached hydrogens (tertiary/aromatic N) is 2. The number of rotatable bonds is 3. The summed E-state index contributed by atoms with van der Waals surface area (Å²) in [6.07, 6.45) is 2.99. The van der Waals surface area contributed by atoms with E-state index in [1.807, 2.05) is 33.6 Å². The largest absolute Gasteiger partial charge is 0.339 e. The molecule has 1 aliphatic heterocycles. The molecular weight excluding hydrogens is 431 g/mol. The number of amides is 1. The van der Waals surface area contributed by atoms with Crippen molar-refractivity contribution in [2.45, 2.75) is 25.2 Å². The molecule has 2 aromatic carbocycles. The van der Waals surface area contributed by atoms with E-state index in [1.54, 1.807) is 6.07 Å². The predicted molar refractivity (Wildman–Crippen MR) is 105 cm³/mol. The molecule has 0 radical (unpaired) electrons. The van der Waals surface area contributed by atoms with Crippen molar-refractivity contribution in [2.75, 3.05) is 13.1 Å². The summed E-state index contributed by atoms with van der Waals surface area (Å²) in [5.74, 6) is 0.447. The smallest absolute Gasteiger partial charge is 0.270 e. The maximum absolute atomic E-state index is 12.8. The fraction of sp³-hybridized carbons (Fsp3) is 0.316. The van der Waals surface area contributed by atoms with Gasteiger partial charge in [-0.25, -0.2) is 0 Å². The van der Waals surface area contributed by atoms with Gasteiger partial charge in [0, 0.05) is 28.8 Å². The molecule has 2 aromatic rings. The van der Waals surface area contributed by atoms with Gasteiger partial charge in [0.05, 0.1) is 10.5 Å². The fourth-order valence-corrected chi connectivity index (χ4v) is 4.05. The van der Waals surface area contributed by atoms with Gasteiger partial charge in [-0.1, -0.05) is 30.3 Å². The van der Waals surface area contributed by atoms with Crippen LogP contribution >= 0.6 is 22.6 Å². The van der Waals surface area contributed by atoms with Crippen LogP contribution in [-0.2, 0) is 0 Å². The number of likely N-dealkylation sites (tertiary alicyclic amines) is 1. The number of halogens is 1. The monoisotopic (exact) mass is 450 g/mol. The van der Waals surface area contributed by atoms with Crippen molar-refractivity contribution in [3.63, 3.8) is 0 Å². The van der Waals surface area contributed by atoms with Gasteiger partial charge >= 0.3 is 0 Å². The molecule has 130 valence electrons. The van der Waals surface area contributed by atoms with Gasteiger partial charge < -0.3 is 4.90 Å². The highest BCUT2D eigenvalue weighted by molar-refractivity contribution is 14.1. The van der Waals surface area contributed by atoms with Crippen molar-refractivity contribution in [1.82, 2.24) is 4.90 Å². The SMILES string of the molecule is O=C(c1ccc([N+](=O)[O-])cc1I)N1CCCC(c2ccccc2)CC1. The van der Waals surface area contributed by atoms with Crippen molar-refractivity contribution in [2.24, 2.45) is 0 Å². The molecule has 1 heterocycles. The van der Waals surface area contributed by atoms with Gasteiger partial charge in [-0.05, 0) is 59.4 Å². The number of nitro groups is 1. The molecule has 0 spiro atoms. The lowest BCUT2D eigenvalue weighted by Crippen LogP contribution is -2.32. The molecule has 0 aliphatic carbocycles. The molecule has 1 fully saturated rings. The summed E-state index contributed by atoms with van der Waals surface area (Å²) in [6.45, 7) is 1.45. The molecule has 1 aliphatic rings. The molecule has 0 saturated carbocycles. The van der Waals surface area contributed by atoms with Crippen LogP contribution in [0.1, 0.15) is 41.1 Å². The topological polar surface area (TPSA) is 63.4 Å². The highest BCUT2D eigenvalue weighted by Gasteiger charge is 2.24. The third-order valence-corrected chi connectivity index (χ3v) is 5.57. The molecule has 0 bridgehead atoms. The molecule has 1 atom stereocenters. The van der Waals surface area contributed by atoms with E-state index >= 15 is 0 Å². The summed E-state index contributed by atoms with van der Waals surface area (Å²) in [6, 6.07) is 14.9. The Balaban J connectivity index is 1.72. The molecule has 0 aromatic heterocycles. The van der Waals surface area contributed by atoms with E-state index in [-0.39, 0.29) is 11.6 Å². The van der Waals surface area contributed by atoms with Crippen LogP contribution in [0.3, 0.4) is 0 Å². The third-order valence-electron chi connectivity index (χ3n) is 4.68. The van der Waals surface area contributed by atoms with Gasteiger partial charge in [-0.2, -0.15) is 0 Å². The molecule has 1 amide bonds. The Morgan fingerprint density at radius 3 is 2.56 bits per heavy atom. The molecule has 1 unspecified atom stereocenters. The second-order valence-electron chi connectivity index (χ2n) is 6.25. The minimum atomic E-state index is -0.438. The normalized spacial score (nSPS) is 17.8. The molecule has 6 heteroatoms. The number of carbonyl (C=O) groups is 1. The second-order valence-corrected chi connectivity index (χ2v) is 7.41. The Morgan fingerprint density at radius 2 is 1.88 bits per heavy atom. The number of nitro benzene ring substituents is 1.